The molecule has 0 radical (unpaired) electrons. The Morgan fingerprint density at radius 1 is 0.938 bits per heavy atom. The topological polar surface area (TPSA) is 90.9 Å². The molecule has 7 nitrogen and oxygen atoms in total. The van der Waals surface area contributed by atoms with Crippen LogP contribution in [0.15, 0.2) is 54.6 Å². The summed E-state index contributed by atoms with van der Waals surface area (Å²) in [6, 6.07) is 16.1. The lowest BCUT2D eigenvalue weighted by atomic mass is 10.0. The van der Waals surface area contributed by atoms with Crippen LogP contribution >= 0.6 is 0 Å². The van der Waals surface area contributed by atoms with Gasteiger partial charge < -0.3 is 19.5 Å². The first-order valence-corrected chi connectivity index (χ1v) is 10.6. The van der Waals surface area contributed by atoms with E-state index in [1.54, 1.807) is 39.8 Å². The maximum Gasteiger partial charge on any atom is 0.408 e. The van der Waals surface area contributed by atoms with Crippen LogP contribution in [0.1, 0.15) is 45.2 Å². The van der Waals surface area contributed by atoms with Crippen LogP contribution in [-0.2, 0) is 32.1 Å². The molecule has 1 atom stereocenters. The summed E-state index contributed by atoms with van der Waals surface area (Å²) in [4.78, 5) is 36.6. The monoisotopic (exact) mass is 441 g/mol. The van der Waals surface area contributed by atoms with Crippen LogP contribution in [-0.4, -0.2) is 36.1 Å². The van der Waals surface area contributed by atoms with E-state index in [0.717, 1.165) is 11.1 Å². The van der Waals surface area contributed by atoms with Crippen LogP contribution in [0.4, 0.5) is 4.79 Å². The zero-order valence-electron chi connectivity index (χ0n) is 19.1. The highest BCUT2D eigenvalue weighted by Crippen LogP contribution is 2.16. The average Bonchev–Trinajstić information content (AvgIpc) is 2.72. The Labute approximate surface area is 189 Å². The number of benzene rings is 2. The fourth-order valence-electron chi connectivity index (χ4n) is 2.87. The normalized spacial score (nSPS) is 11.9. The zero-order chi connectivity index (χ0) is 23.6. The van der Waals surface area contributed by atoms with Gasteiger partial charge in [-0.15, -0.1) is 0 Å². The Bertz CT molecular complexity index is 887. The molecule has 0 unspecified atom stereocenters. The lowest BCUT2D eigenvalue weighted by Gasteiger charge is -2.23. The summed E-state index contributed by atoms with van der Waals surface area (Å²) in [6.45, 7) is 7.49. The predicted octanol–water partition coefficient (Wildman–Crippen LogP) is 4.22. The molecular weight excluding hydrogens is 410 g/mol. The molecule has 0 aliphatic rings. The second-order valence-corrected chi connectivity index (χ2v) is 8.27. The number of hydrogen-bond donors (Lipinski definition) is 1. The van der Waals surface area contributed by atoms with Crippen LogP contribution in [0.3, 0.4) is 0 Å². The van der Waals surface area contributed by atoms with Crippen molar-refractivity contribution < 1.29 is 28.6 Å². The van der Waals surface area contributed by atoms with E-state index < -0.39 is 35.9 Å². The highest BCUT2D eigenvalue weighted by molar-refractivity contribution is 5.99. The van der Waals surface area contributed by atoms with Crippen LogP contribution < -0.4 is 10.1 Å². The van der Waals surface area contributed by atoms with Crippen molar-refractivity contribution >= 4 is 17.8 Å². The lowest BCUT2D eigenvalue weighted by Crippen LogP contribution is -2.45. The van der Waals surface area contributed by atoms with Gasteiger partial charge in [-0.05, 0) is 57.4 Å². The highest BCUT2D eigenvalue weighted by Gasteiger charge is 2.26. The zero-order valence-corrected chi connectivity index (χ0v) is 19.1. The Morgan fingerprint density at radius 3 is 2.19 bits per heavy atom. The Morgan fingerprint density at radius 2 is 1.59 bits per heavy atom. The van der Waals surface area contributed by atoms with Crippen LogP contribution in [0.5, 0.6) is 5.75 Å². The summed E-state index contributed by atoms with van der Waals surface area (Å²) in [5.41, 5.74) is 1.15. The largest absolute Gasteiger partial charge is 0.489 e. The molecule has 0 saturated carbocycles. The highest BCUT2D eigenvalue weighted by atomic mass is 16.6. The molecule has 0 heterocycles. The molecule has 0 spiro atoms. The number of nitrogens with one attached hydrogen (secondary N) is 1. The summed E-state index contributed by atoms with van der Waals surface area (Å²) in [7, 11) is 0. The molecular formula is C25H31NO6. The van der Waals surface area contributed by atoms with Gasteiger partial charge in [-0.3, -0.25) is 9.59 Å². The number of alkyl carbamates (subject to hydrolysis) is 1. The molecule has 32 heavy (non-hydrogen) atoms. The first-order valence-electron chi connectivity index (χ1n) is 10.6. The molecule has 1 N–H and O–H groups in total. The van der Waals surface area contributed by atoms with E-state index >= 15 is 0 Å². The number of carbonyl (C=O) groups excluding carboxylic acids is 3. The molecule has 0 bridgehead atoms. The quantitative estimate of drug-likeness (QED) is 0.438. The Hall–Kier alpha value is -3.35. The summed E-state index contributed by atoms with van der Waals surface area (Å²) >= 11 is 0. The predicted molar refractivity (Wildman–Crippen MR) is 120 cm³/mol. The minimum absolute atomic E-state index is 0.181. The first-order chi connectivity index (χ1) is 15.2. The van der Waals surface area contributed by atoms with Crippen molar-refractivity contribution in [2.75, 3.05) is 6.61 Å². The number of rotatable bonds is 10. The minimum Gasteiger partial charge on any atom is -0.489 e. The molecule has 2 aromatic carbocycles. The van der Waals surface area contributed by atoms with Crippen molar-refractivity contribution in [1.29, 1.82) is 0 Å². The summed E-state index contributed by atoms with van der Waals surface area (Å²) in [6.07, 6.45) is -0.939. The lowest BCUT2D eigenvalue weighted by molar-refractivity contribution is -0.146. The number of hydrogen-bond acceptors (Lipinski definition) is 6. The number of carbonyl (C=O) groups is 3. The van der Waals surface area contributed by atoms with E-state index in [1.807, 2.05) is 42.5 Å². The fourth-order valence-corrected chi connectivity index (χ4v) is 2.87. The van der Waals surface area contributed by atoms with Crippen molar-refractivity contribution in [1.82, 2.24) is 5.32 Å². The summed E-state index contributed by atoms with van der Waals surface area (Å²) in [5.74, 6) is -0.385. The van der Waals surface area contributed by atoms with Crippen LogP contribution in [0.25, 0.3) is 0 Å². The van der Waals surface area contributed by atoms with Crippen molar-refractivity contribution in [3.8, 4) is 5.75 Å². The van der Waals surface area contributed by atoms with E-state index in [1.165, 1.54) is 0 Å². The van der Waals surface area contributed by atoms with Crippen LogP contribution in [0.2, 0.25) is 0 Å². The van der Waals surface area contributed by atoms with Crippen LogP contribution in [0, 0.1) is 0 Å². The molecule has 2 rings (SSSR count). The van der Waals surface area contributed by atoms with Crippen molar-refractivity contribution in [2.24, 2.45) is 0 Å². The van der Waals surface area contributed by atoms with E-state index in [4.69, 9.17) is 14.2 Å². The number of amides is 1. The fraction of sp³-hybridized carbons (Fsp3) is 0.400. The SMILES string of the molecule is CCOC(=O)CC(=O)[C@H](Cc1ccc(OCc2ccccc2)cc1)NC(=O)OC(C)(C)C. The average molecular weight is 442 g/mol. The van der Waals surface area contributed by atoms with E-state index in [2.05, 4.69) is 5.32 Å². The third-order valence-electron chi connectivity index (χ3n) is 4.32. The van der Waals surface area contributed by atoms with E-state index in [9.17, 15) is 14.4 Å². The summed E-state index contributed by atoms with van der Waals surface area (Å²) < 4.78 is 15.9. The van der Waals surface area contributed by atoms with Gasteiger partial charge in [0.05, 0.1) is 12.6 Å². The molecule has 172 valence electrons. The molecule has 0 aliphatic heterocycles. The first kappa shape index (κ1) is 24.9. The van der Waals surface area contributed by atoms with Gasteiger partial charge in [0.2, 0.25) is 0 Å². The van der Waals surface area contributed by atoms with Crippen molar-refractivity contribution in [2.45, 2.75) is 58.8 Å². The van der Waals surface area contributed by atoms with Crippen molar-refractivity contribution in [3.63, 3.8) is 0 Å². The van der Waals surface area contributed by atoms with Gasteiger partial charge in [-0.25, -0.2) is 4.79 Å². The third kappa shape index (κ3) is 9.20. The smallest absolute Gasteiger partial charge is 0.408 e. The molecule has 2 aromatic rings. The number of ether oxygens (including phenoxy) is 3. The van der Waals surface area contributed by atoms with Gasteiger partial charge in [-0.2, -0.15) is 0 Å². The van der Waals surface area contributed by atoms with Gasteiger partial charge in [0.25, 0.3) is 0 Å². The second kappa shape index (κ2) is 11.9. The van der Waals surface area contributed by atoms with Crippen molar-refractivity contribution in [3.05, 3.63) is 65.7 Å². The second-order valence-electron chi connectivity index (χ2n) is 8.27. The number of Topliss-reactive ketones (excluding diaryl/α,β-unsaturated/α-hetero) is 1. The summed E-state index contributed by atoms with van der Waals surface area (Å²) in [5, 5.41) is 2.58. The molecule has 7 heteroatoms. The standard InChI is InChI=1S/C25H31NO6/c1-5-30-23(28)16-22(27)21(26-24(29)32-25(2,3)4)15-18-11-13-20(14-12-18)31-17-19-9-7-6-8-10-19/h6-14,21H,5,15-17H2,1-4H3,(H,26,29)/t21-/m0/s1. The van der Waals surface area contributed by atoms with Gasteiger partial charge >= 0.3 is 12.1 Å². The van der Waals surface area contributed by atoms with Gasteiger partial charge in [0.15, 0.2) is 5.78 Å². The van der Waals surface area contributed by atoms with Gasteiger partial charge in [-0.1, -0.05) is 42.5 Å². The van der Waals surface area contributed by atoms with E-state index in [-0.39, 0.29) is 13.0 Å². The number of ketones is 1. The third-order valence-corrected chi connectivity index (χ3v) is 4.32. The molecule has 0 aliphatic carbocycles. The molecule has 0 fully saturated rings. The number of esters is 1. The van der Waals surface area contributed by atoms with Gasteiger partial charge in [0.1, 0.15) is 24.4 Å². The molecule has 0 aromatic heterocycles. The Balaban J connectivity index is 2.03. The minimum atomic E-state index is -0.926. The van der Waals surface area contributed by atoms with E-state index in [0.29, 0.717) is 12.4 Å². The van der Waals surface area contributed by atoms with Gasteiger partial charge in [0, 0.05) is 0 Å². The molecule has 0 saturated heterocycles. The molecule has 1 amide bonds. The maximum absolute atomic E-state index is 12.7. The maximum atomic E-state index is 12.7. The Kier molecular flexibility index (Phi) is 9.25.